The van der Waals surface area contributed by atoms with E-state index in [1.165, 1.54) is 6.07 Å². The number of rotatable bonds is 4. The van der Waals surface area contributed by atoms with Crippen LogP contribution in [0.5, 0.6) is 5.75 Å². The molecule has 4 aromatic rings. The third-order valence-corrected chi connectivity index (χ3v) is 4.71. The van der Waals surface area contributed by atoms with E-state index in [9.17, 15) is 4.39 Å². The molecule has 0 unspecified atom stereocenters. The zero-order valence-corrected chi connectivity index (χ0v) is 16.0. The molecule has 0 aliphatic rings. The number of hydrogen-bond acceptors (Lipinski definition) is 3. The fourth-order valence-corrected chi connectivity index (χ4v) is 3.30. The third-order valence-electron chi connectivity index (χ3n) is 4.71. The van der Waals surface area contributed by atoms with Crippen molar-refractivity contribution in [3.63, 3.8) is 0 Å². The van der Waals surface area contributed by atoms with Crippen LogP contribution in [0.15, 0.2) is 66.7 Å². The van der Waals surface area contributed by atoms with E-state index in [1.807, 2.05) is 62.5 Å². The smallest absolute Gasteiger partial charge is 0.181 e. The number of aryl methyl sites for hydroxylation is 2. The zero-order chi connectivity index (χ0) is 19.7. The molecule has 1 aromatic heterocycles. The van der Waals surface area contributed by atoms with Crippen molar-refractivity contribution >= 4 is 0 Å². The molecule has 0 N–H and O–H groups in total. The van der Waals surface area contributed by atoms with Crippen LogP contribution >= 0.6 is 0 Å². The van der Waals surface area contributed by atoms with Gasteiger partial charge in [-0.15, -0.1) is 0 Å². The highest BCUT2D eigenvalue weighted by Gasteiger charge is 2.13. The number of ether oxygens (including phenoxy) is 1. The summed E-state index contributed by atoms with van der Waals surface area (Å²) in [5.74, 6) is 1.94. The summed E-state index contributed by atoms with van der Waals surface area (Å²) >= 11 is 0. The highest BCUT2D eigenvalue weighted by Crippen LogP contribution is 2.29. The van der Waals surface area contributed by atoms with Crippen LogP contribution in [0.2, 0.25) is 0 Å². The summed E-state index contributed by atoms with van der Waals surface area (Å²) in [6.45, 7) is 1.91. The highest BCUT2D eigenvalue weighted by molar-refractivity contribution is 5.73. The van der Waals surface area contributed by atoms with Gasteiger partial charge in [0.2, 0.25) is 0 Å². The Morgan fingerprint density at radius 3 is 2.43 bits per heavy atom. The molecule has 0 aliphatic heterocycles. The maximum absolute atomic E-state index is 13.4. The lowest BCUT2D eigenvalue weighted by Crippen LogP contribution is -1.95. The first kappa shape index (κ1) is 17.9. The Bertz CT molecular complexity index is 1150. The lowest BCUT2D eigenvalue weighted by atomic mass is 9.98. The van der Waals surface area contributed by atoms with E-state index in [-0.39, 0.29) is 5.82 Å². The second-order valence-corrected chi connectivity index (χ2v) is 6.65. The number of nitrogens with zero attached hydrogens (tertiary/aromatic N) is 3. The highest BCUT2D eigenvalue weighted by atomic mass is 19.1. The molecule has 28 heavy (non-hydrogen) atoms. The van der Waals surface area contributed by atoms with Crippen LogP contribution in [-0.4, -0.2) is 21.9 Å². The Hall–Kier alpha value is -3.47. The monoisotopic (exact) mass is 373 g/mol. The van der Waals surface area contributed by atoms with Crippen molar-refractivity contribution in [3.05, 3.63) is 78.1 Å². The standard InChI is InChI=1S/C23H20FN3O/c1-15-12-19(24)10-11-21(15)16-6-4-8-18(13-16)23-25-22(26-27(23)2)17-7-5-9-20(14-17)28-3/h4-14H,1-3H3. The maximum atomic E-state index is 13.4. The summed E-state index contributed by atoms with van der Waals surface area (Å²) in [7, 11) is 3.52. The fraction of sp³-hybridized carbons (Fsp3) is 0.130. The second kappa shape index (κ2) is 7.27. The normalized spacial score (nSPS) is 10.9. The summed E-state index contributed by atoms with van der Waals surface area (Å²) < 4.78 is 20.5. The van der Waals surface area contributed by atoms with E-state index >= 15 is 0 Å². The average molecular weight is 373 g/mol. The van der Waals surface area contributed by atoms with Crippen molar-refractivity contribution in [1.29, 1.82) is 0 Å². The fourth-order valence-electron chi connectivity index (χ4n) is 3.30. The number of benzene rings is 3. The molecular weight excluding hydrogens is 353 g/mol. The molecule has 0 radical (unpaired) electrons. The van der Waals surface area contributed by atoms with Crippen molar-refractivity contribution in [1.82, 2.24) is 14.8 Å². The van der Waals surface area contributed by atoms with Gasteiger partial charge in [0.15, 0.2) is 11.6 Å². The molecule has 5 heteroatoms. The van der Waals surface area contributed by atoms with Crippen molar-refractivity contribution < 1.29 is 9.13 Å². The number of methoxy groups -OCH3 is 1. The molecule has 0 fully saturated rings. The number of halogens is 1. The molecule has 0 saturated heterocycles. The molecule has 0 bridgehead atoms. The molecule has 140 valence electrons. The van der Waals surface area contributed by atoms with E-state index in [2.05, 4.69) is 11.2 Å². The lowest BCUT2D eigenvalue weighted by Gasteiger charge is -2.08. The number of hydrogen-bond donors (Lipinski definition) is 0. The minimum atomic E-state index is -0.228. The molecule has 0 atom stereocenters. The summed E-state index contributed by atoms with van der Waals surface area (Å²) in [6.07, 6.45) is 0. The predicted octanol–water partition coefficient (Wildman–Crippen LogP) is 5.27. The van der Waals surface area contributed by atoms with Crippen molar-refractivity contribution in [2.45, 2.75) is 6.92 Å². The van der Waals surface area contributed by atoms with E-state index in [1.54, 1.807) is 17.9 Å². The van der Waals surface area contributed by atoms with Crippen LogP contribution in [0.3, 0.4) is 0 Å². The molecule has 3 aromatic carbocycles. The van der Waals surface area contributed by atoms with Gasteiger partial charge in [0.25, 0.3) is 0 Å². The summed E-state index contributed by atoms with van der Waals surface area (Å²) in [5.41, 5.74) is 4.75. The minimum Gasteiger partial charge on any atom is -0.497 e. The molecule has 0 amide bonds. The molecule has 4 nitrogen and oxygen atoms in total. The molecular formula is C23H20FN3O. The van der Waals surface area contributed by atoms with Crippen LogP contribution in [0.1, 0.15) is 5.56 Å². The quantitative estimate of drug-likeness (QED) is 0.489. The van der Waals surface area contributed by atoms with Crippen LogP contribution < -0.4 is 4.74 Å². The van der Waals surface area contributed by atoms with Crippen molar-refractivity contribution in [2.24, 2.45) is 7.05 Å². The van der Waals surface area contributed by atoms with E-state index in [0.717, 1.165) is 39.4 Å². The van der Waals surface area contributed by atoms with Crippen LogP contribution in [-0.2, 0) is 7.05 Å². The molecule has 0 aliphatic carbocycles. The Balaban J connectivity index is 1.75. The zero-order valence-electron chi connectivity index (χ0n) is 16.0. The molecule has 1 heterocycles. The van der Waals surface area contributed by atoms with Gasteiger partial charge in [-0.3, -0.25) is 0 Å². The minimum absolute atomic E-state index is 0.228. The Labute approximate surface area is 163 Å². The van der Waals surface area contributed by atoms with Crippen LogP contribution in [0.4, 0.5) is 4.39 Å². The Kier molecular flexibility index (Phi) is 4.65. The van der Waals surface area contributed by atoms with Gasteiger partial charge in [-0.05, 0) is 53.9 Å². The van der Waals surface area contributed by atoms with Gasteiger partial charge in [0.1, 0.15) is 11.6 Å². The summed E-state index contributed by atoms with van der Waals surface area (Å²) in [4.78, 5) is 4.73. The first-order chi connectivity index (χ1) is 13.5. The van der Waals surface area contributed by atoms with Gasteiger partial charge in [-0.25, -0.2) is 14.1 Å². The van der Waals surface area contributed by atoms with Crippen molar-refractivity contribution in [3.8, 4) is 39.7 Å². The van der Waals surface area contributed by atoms with Crippen molar-refractivity contribution in [2.75, 3.05) is 7.11 Å². The lowest BCUT2D eigenvalue weighted by molar-refractivity contribution is 0.415. The largest absolute Gasteiger partial charge is 0.497 e. The molecule has 4 rings (SSSR count). The second-order valence-electron chi connectivity index (χ2n) is 6.65. The van der Waals surface area contributed by atoms with Gasteiger partial charge >= 0.3 is 0 Å². The van der Waals surface area contributed by atoms with Gasteiger partial charge in [0.05, 0.1) is 7.11 Å². The van der Waals surface area contributed by atoms with Gasteiger partial charge in [-0.2, -0.15) is 5.10 Å². The summed E-state index contributed by atoms with van der Waals surface area (Å²) in [6, 6.07) is 20.6. The number of aromatic nitrogens is 3. The van der Waals surface area contributed by atoms with E-state index < -0.39 is 0 Å². The molecule has 0 saturated carbocycles. The average Bonchev–Trinajstić information content (AvgIpc) is 3.10. The maximum Gasteiger partial charge on any atom is 0.181 e. The van der Waals surface area contributed by atoms with Gasteiger partial charge < -0.3 is 4.74 Å². The Morgan fingerprint density at radius 2 is 1.64 bits per heavy atom. The first-order valence-electron chi connectivity index (χ1n) is 8.97. The summed E-state index contributed by atoms with van der Waals surface area (Å²) in [5, 5.41) is 4.56. The topological polar surface area (TPSA) is 39.9 Å². The predicted molar refractivity (Wildman–Crippen MR) is 109 cm³/mol. The van der Waals surface area contributed by atoms with E-state index in [0.29, 0.717) is 5.82 Å². The first-order valence-corrected chi connectivity index (χ1v) is 8.97. The van der Waals surface area contributed by atoms with E-state index in [4.69, 9.17) is 9.72 Å². The van der Waals surface area contributed by atoms with Gasteiger partial charge in [0, 0.05) is 18.2 Å². The Morgan fingerprint density at radius 1 is 0.893 bits per heavy atom. The molecule has 0 spiro atoms. The van der Waals surface area contributed by atoms with Crippen LogP contribution in [0, 0.1) is 12.7 Å². The van der Waals surface area contributed by atoms with Crippen LogP contribution in [0.25, 0.3) is 33.9 Å². The third kappa shape index (κ3) is 3.39. The van der Waals surface area contributed by atoms with Gasteiger partial charge in [-0.1, -0.05) is 36.4 Å². The SMILES string of the molecule is COc1cccc(-c2nc(-c3cccc(-c4ccc(F)cc4C)c3)n(C)n2)c1.